The van der Waals surface area contributed by atoms with Crippen molar-refractivity contribution in [2.24, 2.45) is 0 Å². The van der Waals surface area contributed by atoms with Gasteiger partial charge in [-0.2, -0.15) is 5.26 Å². The average Bonchev–Trinajstić information content (AvgIpc) is 3.51. The lowest BCUT2D eigenvalue weighted by Gasteiger charge is -2.19. The Hall–Kier alpha value is -2.41. The van der Waals surface area contributed by atoms with Gasteiger partial charge in [-0.05, 0) is 70.4 Å². The van der Waals surface area contributed by atoms with Crippen LogP contribution >= 0.6 is 23.1 Å². The monoisotopic (exact) mass is 495 g/mol. The van der Waals surface area contributed by atoms with Crippen LogP contribution in [-0.2, 0) is 28.9 Å². The van der Waals surface area contributed by atoms with E-state index in [-0.39, 0.29) is 17.8 Å². The van der Waals surface area contributed by atoms with E-state index in [2.05, 4.69) is 39.8 Å². The maximum absolute atomic E-state index is 13.1. The molecule has 1 fully saturated rings. The molecule has 0 spiro atoms. The van der Waals surface area contributed by atoms with Gasteiger partial charge in [-0.25, -0.2) is 9.97 Å². The Balaban J connectivity index is 1.40. The van der Waals surface area contributed by atoms with Crippen molar-refractivity contribution >= 4 is 45.0 Å². The van der Waals surface area contributed by atoms with Crippen LogP contribution in [0.25, 0.3) is 10.2 Å². The van der Waals surface area contributed by atoms with Gasteiger partial charge in [-0.1, -0.05) is 11.8 Å². The standard InChI is InChI=1S/C25H29N5O2S2/c1-14-15(2)34-25-22(14)24(27-16(3)28-25)33-13-21(31)29-23-19(11-26)18-8-4-5-9-20(18)30(23)12-17-7-6-10-32-17/h17H,4-10,12-13H2,1-3H3,(H,29,31). The number of rotatable bonds is 6. The minimum Gasteiger partial charge on any atom is -0.376 e. The third-order valence-corrected chi connectivity index (χ3v) is 8.88. The SMILES string of the molecule is Cc1nc(SCC(=O)Nc2c(C#N)c3c(n2CC2CCCO2)CCCC3)c2c(C)c(C)sc2n1. The quantitative estimate of drug-likeness (QED) is 0.379. The molecule has 0 radical (unpaired) electrons. The van der Waals surface area contributed by atoms with Crippen LogP contribution in [0.3, 0.4) is 0 Å². The molecule has 1 aliphatic carbocycles. The molecule has 1 unspecified atom stereocenters. The molecule has 9 heteroatoms. The van der Waals surface area contributed by atoms with E-state index in [9.17, 15) is 10.1 Å². The normalized spacial score (nSPS) is 17.6. The zero-order valence-corrected chi connectivity index (χ0v) is 21.5. The number of nitrogens with one attached hydrogen (secondary N) is 1. The lowest BCUT2D eigenvalue weighted by Crippen LogP contribution is -2.23. The van der Waals surface area contributed by atoms with Gasteiger partial charge in [0.05, 0.1) is 24.0 Å². The zero-order chi connectivity index (χ0) is 23.8. The van der Waals surface area contributed by atoms with Gasteiger partial charge < -0.3 is 14.6 Å². The Morgan fingerprint density at radius 3 is 2.85 bits per heavy atom. The van der Waals surface area contributed by atoms with Gasteiger partial charge in [0, 0.05) is 22.6 Å². The average molecular weight is 496 g/mol. The lowest BCUT2D eigenvalue weighted by molar-refractivity contribution is -0.113. The summed E-state index contributed by atoms with van der Waals surface area (Å²) in [6, 6.07) is 2.39. The molecular formula is C25H29N5O2S2. The molecule has 7 nitrogen and oxygen atoms in total. The van der Waals surface area contributed by atoms with Crippen LogP contribution in [0.5, 0.6) is 0 Å². The number of carbonyl (C=O) groups is 1. The summed E-state index contributed by atoms with van der Waals surface area (Å²) < 4.78 is 8.05. The lowest BCUT2D eigenvalue weighted by atomic mass is 9.95. The largest absolute Gasteiger partial charge is 0.376 e. The van der Waals surface area contributed by atoms with Gasteiger partial charge >= 0.3 is 0 Å². The van der Waals surface area contributed by atoms with Crippen molar-refractivity contribution in [3.05, 3.63) is 33.1 Å². The van der Waals surface area contributed by atoms with Gasteiger partial charge in [0.1, 0.15) is 27.6 Å². The van der Waals surface area contributed by atoms with E-state index in [0.29, 0.717) is 23.8 Å². The smallest absolute Gasteiger partial charge is 0.235 e. The first-order chi connectivity index (χ1) is 16.5. The van der Waals surface area contributed by atoms with Crippen molar-refractivity contribution < 1.29 is 9.53 Å². The predicted molar refractivity (Wildman–Crippen MR) is 136 cm³/mol. The number of thiophene rings is 1. The molecule has 1 amide bonds. The minimum absolute atomic E-state index is 0.126. The van der Waals surface area contributed by atoms with Crippen LogP contribution in [0.4, 0.5) is 5.82 Å². The Bertz CT molecular complexity index is 1300. The molecule has 1 saturated heterocycles. The maximum Gasteiger partial charge on any atom is 0.235 e. The van der Waals surface area contributed by atoms with Crippen molar-refractivity contribution in [3.8, 4) is 6.07 Å². The van der Waals surface area contributed by atoms with Crippen LogP contribution in [-0.4, -0.2) is 38.9 Å². The van der Waals surface area contributed by atoms with E-state index in [0.717, 1.165) is 65.9 Å². The first-order valence-electron chi connectivity index (χ1n) is 11.9. The highest BCUT2D eigenvalue weighted by molar-refractivity contribution is 8.00. The summed E-state index contributed by atoms with van der Waals surface area (Å²) >= 11 is 3.10. The fraction of sp³-hybridized carbons (Fsp3) is 0.520. The summed E-state index contributed by atoms with van der Waals surface area (Å²) in [5.41, 5.74) is 4.09. The number of hydrogen-bond donors (Lipinski definition) is 1. The third-order valence-electron chi connectivity index (χ3n) is 6.80. The van der Waals surface area contributed by atoms with Crippen molar-refractivity contribution in [2.45, 2.75) is 77.0 Å². The number of hydrogen-bond acceptors (Lipinski definition) is 7. The summed E-state index contributed by atoms with van der Waals surface area (Å²) in [5, 5.41) is 15.0. The number of anilines is 1. The number of amides is 1. The Kier molecular flexibility index (Phi) is 6.65. The fourth-order valence-electron chi connectivity index (χ4n) is 5.03. The van der Waals surface area contributed by atoms with Crippen molar-refractivity contribution in [1.82, 2.24) is 14.5 Å². The van der Waals surface area contributed by atoms with Crippen molar-refractivity contribution in [2.75, 3.05) is 17.7 Å². The van der Waals surface area contributed by atoms with Gasteiger partial charge in [-0.15, -0.1) is 11.3 Å². The highest BCUT2D eigenvalue weighted by atomic mass is 32.2. The van der Waals surface area contributed by atoms with E-state index < -0.39 is 0 Å². The zero-order valence-electron chi connectivity index (χ0n) is 19.9. The number of fused-ring (bicyclic) bond motifs is 2. The van der Waals surface area contributed by atoms with E-state index in [1.807, 2.05) is 6.92 Å². The van der Waals surface area contributed by atoms with E-state index >= 15 is 0 Å². The van der Waals surface area contributed by atoms with Crippen molar-refractivity contribution in [3.63, 3.8) is 0 Å². The Labute approximate surface area is 207 Å². The fourth-order valence-corrected chi connectivity index (χ4v) is 7.10. The number of ether oxygens (including phenoxy) is 1. The number of nitrogens with zero attached hydrogens (tertiary/aromatic N) is 4. The molecule has 5 rings (SSSR count). The molecular weight excluding hydrogens is 466 g/mol. The van der Waals surface area contributed by atoms with Crippen LogP contribution in [0.2, 0.25) is 0 Å². The second kappa shape index (κ2) is 9.68. The summed E-state index contributed by atoms with van der Waals surface area (Å²) in [6.07, 6.45) is 6.24. The van der Waals surface area contributed by atoms with Gasteiger partial charge in [0.25, 0.3) is 0 Å². The number of nitriles is 1. The Morgan fingerprint density at radius 1 is 1.26 bits per heavy atom. The molecule has 3 aromatic heterocycles. The van der Waals surface area contributed by atoms with Crippen LogP contribution in [0, 0.1) is 32.1 Å². The molecule has 1 aliphatic heterocycles. The molecule has 1 atom stereocenters. The van der Waals surface area contributed by atoms with Gasteiger partial charge in [0.15, 0.2) is 0 Å². The first kappa shape index (κ1) is 23.3. The Morgan fingerprint density at radius 2 is 2.09 bits per heavy atom. The molecule has 3 aromatic rings. The molecule has 1 N–H and O–H groups in total. The maximum atomic E-state index is 13.1. The van der Waals surface area contributed by atoms with Gasteiger partial charge in [-0.3, -0.25) is 4.79 Å². The summed E-state index contributed by atoms with van der Waals surface area (Å²) in [6.45, 7) is 7.53. The summed E-state index contributed by atoms with van der Waals surface area (Å²) in [4.78, 5) is 24.5. The number of aromatic nitrogens is 3. The van der Waals surface area contributed by atoms with Crippen LogP contribution in [0.15, 0.2) is 5.03 Å². The molecule has 0 aromatic carbocycles. The van der Waals surface area contributed by atoms with Gasteiger partial charge in [0.2, 0.25) is 5.91 Å². The summed E-state index contributed by atoms with van der Waals surface area (Å²) in [5.74, 6) is 1.45. The van der Waals surface area contributed by atoms with Crippen LogP contribution in [0.1, 0.15) is 58.8 Å². The first-order valence-corrected chi connectivity index (χ1v) is 13.7. The molecule has 2 aliphatic rings. The van der Waals surface area contributed by atoms with Crippen molar-refractivity contribution in [1.29, 1.82) is 5.26 Å². The summed E-state index contributed by atoms with van der Waals surface area (Å²) in [7, 11) is 0. The minimum atomic E-state index is -0.126. The number of thioether (sulfide) groups is 1. The van der Waals surface area contributed by atoms with E-state index in [1.54, 1.807) is 11.3 Å². The van der Waals surface area contributed by atoms with E-state index in [1.165, 1.54) is 27.9 Å². The predicted octanol–water partition coefficient (Wildman–Crippen LogP) is 5.08. The molecule has 34 heavy (non-hydrogen) atoms. The number of carbonyl (C=O) groups excluding carboxylic acids is 1. The van der Waals surface area contributed by atoms with Crippen LogP contribution < -0.4 is 5.32 Å². The van der Waals surface area contributed by atoms with E-state index in [4.69, 9.17) is 4.74 Å². The highest BCUT2D eigenvalue weighted by Crippen LogP contribution is 2.36. The number of aryl methyl sites for hydroxylation is 3. The second-order valence-electron chi connectivity index (χ2n) is 9.09. The molecule has 0 saturated carbocycles. The molecule has 4 heterocycles. The molecule has 178 valence electrons. The highest BCUT2D eigenvalue weighted by Gasteiger charge is 2.28. The topological polar surface area (TPSA) is 92.8 Å². The second-order valence-corrected chi connectivity index (χ2v) is 11.3. The molecule has 0 bridgehead atoms. The third kappa shape index (κ3) is 4.35.